The van der Waals surface area contributed by atoms with Crippen LogP contribution in [0.15, 0.2) is 42.5 Å². The van der Waals surface area contributed by atoms with Gasteiger partial charge >= 0.3 is 0 Å². The summed E-state index contributed by atoms with van der Waals surface area (Å²) in [6.07, 6.45) is 2.16. The molecule has 0 saturated heterocycles. The Hall–Kier alpha value is -3.12. The maximum absolute atomic E-state index is 12.7. The number of nitrogens with zero attached hydrogens (tertiary/aromatic N) is 1. The number of hydrogen-bond donors (Lipinski definition) is 1. The van der Waals surface area contributed by atoms with Crippen LogP contribution in [-0.2, 0) is 12.8 Å². The van der Waals surface area contributed by atoms with Gasteiger partial charge in [0.25, 0.3) is 5.91 Å². The maximum atomic E-state index is 12.7. The fourth-order valence-electron chi connectivity index (χ4n) is 3.90. The zero-order valence-corrected chi connectivity index (χ0v) is 16.4. The van der Waals surface area contributed by atoms with E-state index in [1.807, 2.05) is 0 Å². The molecule has 1 aliphatic carbocycles. The number of methoxy groups -OCH3 is 2. The van der Waals surface area contributed by atoms with Crippen molar-refractivity contribution in [1.29, 1.82) is 0 Å². The van der Waals surface area contributed by atoms with E-state index >= 15 is 0 Å². The van der Waals surface area contributed by atoms with Gasteiger partial charge in [-0.1, -0.05) is 29.5 Å². The number of aryl methyl sites for hydroxylation is 2. The first-order chi connectivity index (χ1) is 13.7. The molecule has 0 spiro atoms. The van der Waals surface area contributed by atoms with Gasteiger partial charge in [0.1, 0.15) is 0 Å². The highest BCUT2D eigenvalue weighted by Crippen LogP contribution is 2.39. The van der Waals surface area contributed by atoms with Gasteiger partial charge in [-0.3, -0.25) is 10.1 Å². The van der Waals surface area contributed by atoms with Crippen molar-refractivity contribution in [2.75, 3.05) is 19.5 Å². The first-order valence-electron chi connectivity index (χ1n) is 9.05. The molecule has 1 aliphatic rings. The van der Waals surface area contributed by atoms with Gasteiger partial charge in [0.15, 0.2) is 16.6 Å². The van der Waals surface area contributed by atoms with Crippen LogP contribution in [0.4, 0.5) is 5.13 Å². The summed E-state index contributed by atoms with van der Waals surface area (Å²) >= 11 is 1.51. The minimum absolute atomic E-state index is 0.225. The number of carbonyl (C=O) groups excluding carboxylic acids is 1. The van der Waals surface area contributed by atoms with Gasteiger partial charge < -0.3 is 9.47 Å². The van der Waals surface area contributed by atoms with Crippen molar-refractivity contribution in [2.45, 2.75) is 12.8 Å². The number of thiazole rings is 1. The van der Waals surface area contributed by atoms with E-state index in [4.69, 9.17) is 14.5 Å². The lowest BCUT2D eigenvalue weighted by molar-refractivity contribution is 0.102. The molecule has 140 valence electrons. The van der Waals surface area contributed by atoms with Crippen molar-refractivity contribution in [3.8, 4) is 11.5 Å². The Morgan fingerprint density at radius 3 is 2.68 bits per heavy atom. The van der Waals surface area contributed by atoms with E-state index in [2.05, 4.69) is 29.6 Å². The second kappa shape index (κ2) is 6.49. The number of amides is 1. The second-order valence-corrected chi connectivity index (χ2v) is 7.80. The maximum Gasteiger partial charge on any atom is 0.257 e. The third-order valence-corrected chi connectivity index (χ3v) is 6.13. The number of nitrogens with one attached hydrogen (secondary N) is 1. The van der Waals surface area contributed by atoms with Gasteiger partial charge in [-0.2, -0.15) is 0 Å². The number of aromatic nitrogens is 1. The van der Waals surface area contributed by atoms with Crippen molar-refractivity contribution in [3.05, 3.63) is 59.2 Å². The molecule has 5 nitrogen and oxygen atoms in total. The topological polar surface area (TPSA) is 60.5 Å². The summed E-state index contributed by atoms with van der Waals surface area (Å²) in [5, 5.41) is 6.03. The summed E-state index contributed by atoms with van der Waals surface area (Å²) in [7, 11) is 3.12. The van der Waals surface area contributed by atoms with Crippen molar-refractivity contribution in [2.24, 2.45) is 0 Å². The monoisotopic (exact) mass is 390 g/mol. The Labute approximate surface area is 165 Å². The molecule has 0 unspecified atom stereocenters. The third kappa shape index (κ3) is 2.60. The molecular formula is C22H18N2O3S. The third-order valence-electron chi connectivity index (χ3n) is 5.22. The molecule has 3 aromatic carbocycles. The molecule has 28 heavy (non-hydrogen) atoms. The molecule has 1 heterocycles. The highest BCUT2D eigenvalue weighted by Gasteiger charge is 2.19. The SMILES string of the molecule is COc1ccc(C(=O)Nc2nc3c(cc4c5c(cccc53)CC4)s2)cc1OC. The van der Waals surface area contributed by atoms with E-state index in [-0.39, 0.29) is 5.91 Å². The van der Waals surface area contributed by atoms with Gasteiger partial charge in [0.05, 0.1) is 24.4 Å². The lowest BCUT2D eigenvalue weighted by Gasteiger charge is -2.09. The van der Waals surface area contributed by atoms with Gasteiger partial charge in [0, 0.05) is 10.9 Å². The molecule has 1 amide bonds. The van der Waals surface area contributed by atoms with Gasteiger partial charge in [0.2, 0.25) is 0 Å². The van der Waals surface area contributed by atoms with Gasteiger partial charge in [-0.05, 0) is 53.6 Å². The minimum Gasteiger partial charge on any atom is -0.493 e. The van der Waals surface area contributed by atoms with E-state index < -0.39 is 0 Å². The van der Waals surface area contributed by atoms with E-state index in [1.54, 1.807) is 32.4 Å². The van der Waals surface area contributed by atoms with Crippen LogP contribution in [0.1, 0.15) is 21.5 Å². The van der Waals surface area contributed by atoms with Gasteiger partial charge in [-0.25, -0.2) is 4.98 Å². The lowest BCUT2D eigenvalue weighted by atomic mass is 10.0. The van der Waals surface area contributed by atoms with Crippen LogP contribution < -0.4 is 14.8 Å². The van der Waals surface area contributed by atoms with Crippen LogP contribution in [0.5, 0.6) is 11.5 Å². The molecule has 0 aliphatic heterocycles. The van der Waals surface area contributed by atoms with Crippen molar-refractivity contribution >= 4 is 43.4 Å². The highest BCUT2D eigenvalue weighted by molar-refractivity contribution is 7.22. The summed E-state index contributed by atoms with van der Waals surface area (Å²) in [5.41, 5.74) is 4.21. The predicted octanol–water partition coefficient (Wildman–Crippen LogP) is 4.82. The normalized spacial score (nSPS) is 12.5. The van der Waals surface area contributed by atoms with E-state index in [0.29, 0.717) is 22.2 Å². The molecule has 0 radical (unpaired) electrons. The van der Waals surface area contributed by atoms with Crippen LogP contribution in [0.2, 0.25) is 0 Å². The van der Waals surface area contributed by atoms with E-state index in [9.17, 15) is 4.79 Å². The molecule has 0 fully saturated rings. The summed E-state index contributed by atoms with van der Waals surface area (Å²) in [5.74, 6) is 0.880. The van der Waals surface area contributed by atoms with Crippen LogP contribution in [-0.4, -0.2) is 25.1 Å². The zero-order valence-electron chi connectivity index (χ0n) is 15.5. The van der Waals surface area contributed by atoms with Crippen molar-refractivity contribution in [3.63, 3.8) is 0 Å². The number of hydrogen-bond acceptors (Lipinski definition) is 5. The first kappa shape index (κ1) is 17.0. The molecule has 1 aromatic heterocycles. The molecule has 0 atom stereocenters. The largest absolute Gasteiger partial charge is 0.493 e. The fraction of sp³-hybridized carbons (Fsp3) is 0.182. The highest BCUT2D eigenvalue weighted by atomic mass is 32.1. The number of carbonyl (C=O) groups is 1. The van der Waals surface area contributed by atoms with Crippen LogP contribution in [0.3, 0.4) is 0 Å². The zero-order chi connectivity index (χ0) is 19.3. The summed E-state index contributed by atoms with van der Waals surface area (Å²) < 4.78 is 11.6. The average Bonchev–Trinajstić information content (AvgIpc) is 3.32. The van der Waals surface area contributed by atoms with Crippen LogP contribution in [0, 0.1) is 0 Å². The molecule has 6 heteroatoms. The number of rotatable bonds is 4. The smallest absolute Gasteiger partial charge is 0.257 e. The van der Waals surface area contributed by atoms with Crippen molar-refractivity contribution < 1.29 is 14.3 Å². The van der Waals surface area contributed by atoms with E-state index in [1.165, 1.54) is 33.2 Å². The molecule has 0 bridgehead atoms. The number of benzene rings is 3. The van der Waals surface area contributed by atoms with Crippen LogP contribution >= 0.6 is 11.3 Å². The standard InChI is InChI=1S/C22H18N2O3S/c1-26-16-9-8-14(10-17(16)27-2)21(25)24-22-23-20-15-5-3-4-12-6-7-13(19(12)15)11-18(20)28-22/h3-5,8-11H,6-7H2,1-2H3,(H,23,24,25). The Balaban J connectivity index is 1.51. The predicted molar refractivity (Wildman–Crippen MR) is 112 cm³/mol. The Morgan fingerprint density at radius 1 is 1.04 bits per heavy atom. The van der Waals surface area contributed by atoms with Crippen LogP contribution in [0.25, 0.3) is 21.0 Å². The fourth-order valence-corrected chi connectivity index (χ4v) is 4.85. The summed E-state index contributed by atoms with van der Waals surface area (Å²) in [6.45, 7) is 0. The lowest BCUT2D eigenvalue weighted by Crippen LogP contribution is -2.11. The quantitative estimate of drug-likeness (QED) is 0.543. The molecular weight excluding hydrogens is 372 g/mol. The molecule has 0 saturated carbocycles. The summed E-state index contributed by atoms with van der Waals surface area (Å²) in [4.78, 5) is 17.4. The van der Waals surface area contributed by atoms with Gasteiger partial charge in [-0.15, -0.1) is 0 Å². The number of anilines is 1. The molecule has 1 N–H and O–H groups in total. The second-order valence-electron chi connectivity index (χ2n) is 6.77. The van der Waals surface area contributed by atoms with Crippen molar-refractivity contribution in [1.82, 2.24) is 4.98 Å². The number of ether oxygens (including phenoxy) is 2. The molecule has 5 rings (SSSR count). The Morgan fingerprint density at radius 2 is 1.86 bits per heavy atom. The molecule has 4 aromatic rings. The Kier molecular flexibility index (Phi) is 3.94. The van der Waals surface area contributed by atoms with E-state index in [0.717, 1.165) is 23.1 Å². The number of fused-ring (bicyclic) bond motifs is 2. The first-order valence-corrected chi connectivity index (χ1v) is 9.87. The average molecular weight is 390 g/mol. The minimum atomic E-state index is -0.225. The Bertz CT molecular complexity index is 1250. The summed E-state index contributed by atoms with van der Waals surface area (Å²) in [6, 6.07) is 13.7.